The molecule has 2 aromatic carbocycles. The number of aromatic nitrogens is 1. The van der Waals surface area contributed by atoms with Gasteiger partial charge in [0.15, 0.2) is 10.6 Å². The molecule has 3 rings (SSSR count). The van der Waals surface area contributed by atoms with E-state index in [-0.39, 0.29) is 33.2 Å². The molecule has 0 fully saturated rings. The topological polar surface area (TPSA) is 69.9 Å². The fourth-order valence-corrected chi connectivity index (χ4v) is 3.72. The number of carbonyl (C=O) groups excluding carboxylic acids is 2. The monoisotopic (exact) mass is 420 g/mol. The van der Waals surface area contributed by atoms with E-state index in [9.17, 15) is 18.4 Å². The normalized spacial score (nSPS) is 11.9. The molecule has 1 heterocycles. The van der Waals surface area contributed by atoms with E-state index in [4.69, 9.17) is 4.74 Å². The van der Waals surface area contributed by atoms with Crippen molar-refractivity contribution < 1.29 is 27.8 Å². The Bertz CT molecular complexity index is 1130. The van der Waals surface area contributed by atoms with Gasteiger partial charge in [0.2, 0.25) is 0 Å². The summed E-state index contributed by atoms with van der Waals surface area (Å²) in [6.07, 6.45) is -0.00707. The minimum Gasteiger partial charge on any atom is -0.491 e. The lowest BCUT2D eigenvalue weighted by Crippen LogP contribution is -2.22. The van der Waals surface area contributed by atoms with Crippen LogP contribution in [0, 0.1) is 11.6 Å². The summed E-state index contributed by atoms with van der Waals surface area (Å²) in [6, 6.07) is 8.24. The minimum absolute atomic E-state index is 0.00707. The first-order valence-electron chi connectivity index (χ1n) is 8.69. The van der Waals surface area contributed by atoms with Gasteiger partial charge in [-0.05, 0) is 44.2 Å². The molecule has 0 radical (unpaired) electrons. The van der Waals surface area contributed by atoms with Gasteiger partial charge in [-0.25, -0.2) is 8.78 Å². The number of benzene rings is 2. The van der Waals surface area contributed by atoms with Crippen molar-refractivity contribution in [3.05, 3.63) is 58.4 Å². The molecule has 0 atom stereocenters. The lowest BCUT2D eigenvalue weighted by atomic mass is 10.2. The number of esters is 1. The maximum absolute atomic E-state index is 14.3. The molecule has 6 nitrogen and oxygen atoms in total. The molecule has 0 saturated heterocycles. The van der Waals surface area contributed by atoms with E-state index < -0.39 is 23.5 Å². The van der Waals surface area contributed by atoms with Crippen LogP contribution in [0.2, 0.25) is 0 Å². The smallest absolute Gasteiger partial charge is 0.325 e. The molecule has 29 heavy (non-hydrogen) atoms. The van der Waals surface area contributed by atoms with Gasteiger partial charge in [-0.2, -0.15) is 4.99 Å². The van der Waals surface area contributed by atoms with E-state index in [1.54, 1.807) is 24.3 Å². The number of methoxy groups -OCH3 is 1. The molecule has 0 unspecified atom stereocenters. The number of amides is 1. The molecule has 3 aromatic rings. The van der Waals surface area contributed by atoms with Gasteiger partial charge >= 0.3 is 5.97 Å². The Morgan fingerprint density at radius 1 is 1.17 bits per heavy atom. The lowest BCUT2D eigenvalue weighted by molar-refractivity contribution is -0.141. The van der Waals surface area contributed by atoms with Crippen molar-refractivity contribution in [2.45, 2.75) is 26.5 Å². The predicted octanol–water partition coefficient (Wildman–Crippen LogP) is 3.68. The van der Waals surface area contributed by atoms with Gasteiger partial charge in [0.25, 0.3) is 5.91 Å². The van der Waals surface area contributed by atoms with Crippen LogP contribution in [0.25, 0.3) is 10.2 Å². The molecule has 1 amide bonds. The molecule has 152 valence electrons. The van der Waals surface area contributed by atoms with Crippen molar-refractivity contribution in [3.63, 3.8) is 0 Å². The summed E-state index contributed by atoms with van der Waals surface area (Å²) >= 11 is 0.902. The van der Waals surface area contributed by atoms with Crippen molar-refractivity contribution in [2.75, 3.05) is 7.11 Å². The predicted molar refractivity (Wildman–Crippen MR) is 104 cm³/mol. The molecule has 0 saturated carbocycles. The number of halogens is 2. The second kappa shape index (κ2) is 8.52. The van der Waals surface area contributed by atoms with Gasteiger partial charge in [-0.1, -0.05) is 11.3 Å². The fraction of sp³-hybridized carbons (Fsp3) is 0.250. The quantitative estimate of drug-likeness (QED) is 0.591. The zero-order chi connectivity index (χ0) is 21.1. The minimum atomic E-state index is -0.857. The Hall–Kier alpha value is -3.07. The summed E-state index contributed by atoms with van der Waals surface area (Å²) in [4.78, 5) is 28.4. The van der Waals surface area contributed by atoms with Crippen molar-refractivity contribution in [1.82, 2.24) is 4.57 Å². The van der Waals surface area contributed by atoms with Crippen LogP contribution < -0.4 is 9.54 Å². The molecular weight excluding hydrogens is 402 g/mol. The number of hydrogen-bond donors (Lipinski definition) is 0. The Morgan fingerprint density at radius 3 is 2.48 bits per heavy atom. The standard InChI is InChI=1S/C20H18F2N2O4S/c1-11(2)28-14-6-4-12(5-7-14)19(26)23-20-24(10-17(25)27-3)18-15(22)8-13(21)9-16(18)29-20/h4-9,11H,10H2,1-3H3. The summed E-state index contributed by atoms with van der Waals surface area (Å²) in [6.45, 7) is 3.40. The third-order valence-corrected chi connectivity index (χ3v) is 4.91. The number of ether oxygens (including phenoxy) is 2. The molecular formula is C20H18F2N2O4S. The van der Waals surface area contributed by atoms with Gasteiger partial charge in [-0.15, -0.1) is 0 Å². The second-order valence-electron chi connectivity index (χ2n) is 6.39. The van der Waals surface area contributed by atoms with Crippen molar-refractivity contribution in [3.8, 4) is 5.75 Å². The van der Waals surface area contributed by atoms with Gasteiger partial charge in [-0.3, -0.25) is 9.59 Å². The number of nitrogens with zero attached hydrogens (tertiary/aromatic N) is 2. The molecule has 0 aliphatic heterocycles. The Balaban J connectivity index is 2.06. The van der Waals surface area contributed by atoms with E-state index in [1.807, 2.05) is 13.8 Å². The Morgan fingerprint density at radius 2 is 1.86 bits per heavy atom. The summed E-state index contributed by atoms with van der Waals surface area (Å²) in [5.41, 5.74) is 0.267. The maximum atomic E-state index is 14.3. The van der Waals surface area contributed by atoms with Crippen LogP contribution in [0.4, 0.5) is 8.78 Å². The number of hydrogen-bond acceptors (Lipinski definition) is 5. The maximum Gasteiger partial charge on any atom is 0.325 e. The average molecular weight is 420 g/mol. The summed E-state index contributed by atoms with van der Waals surface area (Å²) in [5.74, 6) is -2.26. The van der Waals surface area contributed by atoms with E-state index in [0.717, 1.165) is 17.4 Å². The number of fused-ring (bicyclic) bond motifs is 1. The van der Waals surface area contributed by atoms with Gasteiger partial charge < -0.3 is 14.0 Å². The number of thiazole rings is 1. The highest BCUT2D eigenvalue weighted by Gasteiger charge is 2.17. The van der Waals surface area contributed by atoms with Gasteiger partial charge in [0, 0.05) is 11.6 Å². The molecule has 0 N–H and O–H groups in total. The van der Waals surface area contributed by atoms with Crippen molar-refractivity contribution in [2.24, 2.45) is 4.99 Å². The zero-order valence-corrected chi connectivity index (χ0v) is 16.8. The summed E-state index contributed by atoms with van der Waals surface area (Å²) in [5, 5.41) is 0. The molecule has 9 heteroatoms. The first-order valence-corrected chi connectivity index (χ1v) is 9.51. The fourth-order valence-electron chi connectivity index (χ4n) is 2.65. The van der Waals surface area contributed by atoms with Gasteiger partial charge in [0.05, 0.1) is 23.4 Å². The van der Waals surface area contributed by atoms with E-state index >= 15 is 0 Å². The lowest BCUT2D eigenvalue weighted by Gasteiger charge is -2.09. The highest BCUT2D eigenvalue weighted by molar-refractivity contribution is 7.16. The van der Waals surface area contributed by atoms with Crippen LogP contribution in [-0.4, -0.2) is 29.7 Å². The number of carbonyl (C=O) groups is 2. The van der Waals surface area contributed by atoms with Crippen molar-refractivity contribution in [1.29, 1.82) is 0 Å². The Labute approximate surface area is 169 Å². The third kappa shape index (κ3) is 4.68. The van der Waals surface area contributed by atoms with Crippen LogP contribution in [0.15, 0.2) is 41.4 Å². The van der Waals surface area contributed by atoms with Gasteiger partial charge in [0.1, 0.15) is 18.1 Å². The van der Waals surface area contributed by atoms with E-state index in [2.05, 4.69) is 9.73 Å². The highest BCUT2D eigenvalue weighted by atomic mass is 32.1. The second-order valence-corrected chi connectivity index (χ2v) is 7.40. The first kappa shape index (κ1) is 20.7. The Kier molecular flexibility index (Phi) is 6.07. The van der Waals surface area contributed by atoms with E-state index in [1.165, 1.54) is 11.7 Å². The van der Waals surface area contributed by atoms with Crippen LogP contribution >= 0.6 is 11.3 Å². The summed E-state index contributed by atoms with van der Waals surface area (Å²) in [7, 11) is 1.19. The molecule has 1 aromatic heterocycles. The third-order valence-electron chi connectivity index (χ3n) is 3.88. The molecule has 0 spiro atoms. The van der Waals surface area contributed by atoms with Crippen LogP contribution in [0.3, 0.4) is 0 Å². The zero-order valence-electron chi connectivity index (χ0n) is 15.9. The molecule has 0 bridgehead atoms. The highest BCUT2D eigenvalue weighted by Crippen LogP contribution is 2.22. The first-order chi connectivity index (χ1) is 13.8. The SMILES string of the molecule is COC(=O)Cn1c(=NC(=O)c2ccc(OC(C)C)cc2)sc2cc(F)cc(F)c21. The van der Waals surface area contributed by atoms with Crippen LogP contribution in [0.1, 0.15) is 24.2 Å². The van der Waals surface area contributed by atoms with E-state index in [0.29, 0.717) is 11.8 Å². The largest absolute Gasteiger partial charge is 0.491 e. The molecule has 0 aliphatic carbocycles. The van der Waals surface area contributed by atoms with Crippen LogP contribution in [-0.2, 0) is 16.1 Å². The van der Waals surface area contributed by atoms with Crippen molar-refractivity contribution >= 4 is 33.4 Å². The summed E-state index contributed by atoms with van der Waals surface area (Å²) < 4.78 is 39.5. The average Bonchev–Trinajstić information content (AvgIpc) is 2.98. The number of rotatable bonds is 5. The molecule has 0 aliphatic rings. The van der Waals surface area contributed by atoms with Crippen LogP contribution in [0.5, 0.6) is 5.75 Å².